The SMILES string of the molecule is CN(C)CCn1c(=O)/c(=C/c2ccc3c(c2)OCO3)s/c1=C1/C(=O)Nc2ccccc21. The topological polar surface area (TPSA) is 72.8 Å². The summed E-state index contributed by atoms with van der Waals surface area (Å²) >= 11 is 1.34. The molecule has 0 saturated carbocycles. The molecule has 5 rings (SSSR count). The molecule has 3 aromatic rings. The summed E-state index contributed by atoms with van der Waals surface area (Å²) in [6, 6.07) is 13.1. The maximum Gasteiger partial charge on any atom is 0.269 e. The van der Waals surface area contributed by atoms with Crippen molar-refractivity contribution in [3.8, 4) is 11.5 Å². The van der Waals surface area contributed by atoms with E-state index in [0.29, 0.717) is 39.4 Å². The second-order valence-corrected chi connectivity index (χ2v) is 8.69. The maximum absolute atomic E-state index is 13.3. The van der Waals surface area contributed by atoms with Gasteiger partial charge in [-0.1, -0.05) is 24.3 Å². The molecular formula is C23H21N3O4S. The molecule has 2 aliphatic rings. The van der Waals surface area contributed by atoms with Crippen LogP contribution in [0.3, 0.4) is 0 Å². The summed E-state index contributed by atoms with van der Waals surface area (Å²) in [5.74, 6) is 1.18. The molecule has 0 radical (unpaired) electrons. The molecular weight excluding hydrogens is 414 g/mol. The number of fused-ring (bicyclic) bond motifs is 2. The number of carbonyl (C=O) groups is 1. The first-order valence-corrected chi connectivity index (χ1v) is 10.7. The number of aromatic nitrogens is 1. The van der Waals surface area contributed by atoms with Crippen LogP contribution in [0.15, 0.2) is 47.3 Å². The Morgan fingerprint density at radius 3 is 2.77 bits per heavy atom. The fraction of sp³-hybridized carbons (Fsp3) is 0.217. The van der Waals surface area contributed by atoms with Gasteiger partial charge in [0, 0.05) is 24.3 Å². The van der Waals surface area contributed by atoms with E-state index in [-0.39, 0.29) is 18.3 Å². The molecule has 3 heterocycles. The van der Waals surface area contributed by atoms with Crippen molar-refractivity contribution in [1.82, 2.24) is 9.47 Å². The second kappa shape index (κ2) is 7.72. The number of para-hydroxylation sites is 1. The zero-order valence-electron chi connectivity index (χ0n) is 17.2. The van der Waals surface area contributed by atoms with Gasteiger partial charge in [0.25, 0.3) is 11.5 Å². The van der Waals surface area contributed by atoms with E-state index in [1.165, 1.54) is 11.3 Å². The summed E-state index contributed by atoms with van der Waals surface area (Å²) in [6.45, 7) is 1.38. The average molecular weight is 436 g/mol. The van der Waals surface area contributed by atoms with Crippen molar-refractivity contribution in [3.63, 3.8) is 0 Å². The minimum Gasteiger partial charge on any atom is -0.454 e. The molecule has 0 fully saturated rings. The van der Waals surface area contributed by atoms with Crippen LogP contribution in [0.5, 0.6) is 11.5 Å². The number of thiazole rings is 1. The minimum absolute atomic E-state index is 0.107. The minimum atomic E-state index is -0.185. The molecule has 1 amide bonds. The molecule has 0 atom stereocenters. The Morgan fingerprint density at radius 1 is 1.13 bits per heavy atom. The Hall–Kier alpha value is -3.36. The molecule has 1 N–H and O–H groups in total. The van der Waals surface area contributed by atoms with Crippen LogP contribution in [0.25, 0.3) is 11.6 Å². The lowest BCUT2D eigenvalue weighted by molar-refractivity contribution is -0.110. The summed E-state index contributed by atoms with van der Waals surface area (Å²) in [7, 11) is 3.92. The molecule has 31 heavy (non-hydrogen) atoms. The third kappa shape index (κ3) is 3.54. The van der Waals surface area contributed by atoms with Gasteiger partial charge in [0.2, 0.25) is 6.79 Å². The van der Waals surface area contributed by atoms with E-state index in [2.05, 4.69) is 5.32 Å². The Bertz CT molecular complexity index is 1370. The number of hydrogen-bond donors (Lipinski definition) is 1. The first-order chi connectivity index (χ1) is 15.0. The van der Waals surface area contributed by atoms with E-state index in [1.807, 2.05) is 67.5 Å². The number of nitrogens with zero attached hydrogens (tertiary/aromatic N) is 2. The number of rotatable bonds is 4. The molecule has 1 aromatic heterocycles. The molecule has 0 unspecified atom stereocenters. The van der Waals surface area contributed by atoms with E-state index >= 15 is 0 Å². The van der Waals surface area contributed by atoms with Crippen molar-refractivity contribution >= 4 is 34.6 Å². The van der Waals surface area contributed by atoms with Crippen LogP contribution in [0, 0.1) is 0 Å². The number of amides is 1. The van der Waals surface area contributed by atoms with Gasteiger partial charge in [-0.2, -0.15) is 0 Å². The van der Waals surface area contributed by atoms with Gasteiger partial charge in [0.05, 0.1) is 10.1 Å². The molecule has 8 heteroatoms. The molecule has 0 spiro atoms. The van der Waals surface area contributed by atoms with Gasteiger partial charge in [-0.15, -0.1) is 11.3 Å². The van der Waals surface area contributed by atoms with Crippen molar-refractivity contribution < 1.29 is 14.3 Å². The zero-order chi connectivity index (χ0) is 21.5. The third-order valence-electron chi connectivity index (χ3n) is 5.26. The van der Waals surface area contributed by atoms with Crippen molar-refractivity contribution in [3.05, 3.63) is 73.1 Å². The van der Waals surface area contributed by atoms with Crippen molar-refractivity contribution in [1.29, 1.82) is 0 Å². The monoisotopic (exact) mass is 435 g/mol. The van der Waals surface area contributed by atoms with Crippen molar-refractivity contribution in [2.75, 3.05) is 32.7 Å². The number of carbonyl (C=O) groups excluding carboxylic acids is 1. The lowest BCUT2D eigenvalue weighted by Crippen LogP contribution is -2.36. The van der Waals surface area contributed by atoms with Crippen LogP contribution in [-0.2, 0) is 11.3 Å². The Balaban J connectivity index is 1.72. The largest absolute Gasteiger partial charge is 0.454 e. The number of likely N-dealkylation sites (N-methyl/N-ethyl adjacent to an activating group) is 1. The smallest absolute Gasteiger partial charge is 0.269 e. The fourth-order valence-electron chi connectivity index (χ4n) is 3.69. The highest BCUT2D eigenvalue weighted by molar-refractivity contribution is 7.07. The van der Waals surface area contributed by atoms with Gasteiger partial charge in [-0.3, -0.25) is 14.2 Å². The highest BCUT2D eigenvalue weighted by Crippen LogP contribution is 2.32. The van der Waals surface area contributed by atoms with E-state index in [1.54, 1.807) is 4.57 Å². The highest BCUT2D eigenvalue weighted by atomic mass is 32.1. The van der Waals surface area contributed by atoms with Gasteiger partial charge < -0.3 is 19.7 Å². The normalized spacial score (nSPS) is 16.7. The maximum atomic E-state index is 13.3. The summed E-state index contributed by atoms with van der Waals surface area (Å²) in [5, 5.41) is 2.91. The lowest BCUT2D eigenvalue weighted by Gasteiger charge is -2.10. The molecule has 7 nitrogen and oxygen atoms in total. The first-order valence-electron chi connectivity index (χ1n) is 9.92. The second-order valence-electron chi connectivity index (χ2n) is 7.66. The number of hydrogen-bond acceptors (Lipinski definition) is 6. The van der Waals surface area contributed by atoms with E-state index in [4.69, 9.17) is 9.47 Å². The lowest BCUT2D eigenvalue weighted by atomic mass is 10.1. The van der Waals surface area contributed by atoms with E-state index in [9.17, 15) is 9.59 Å². The standard InChI is InChI=1S/C23H21N3O4S/c1-25(2)9-10-26-22(28)19(12-14-7-8-17-18(11-14)30-13-29-17)31-23(26)20-15-5-3-4-6-16(15)24-21(20)27/h3-8,11-12H,9-10,13H2,1-2H3,(H,24,27)/b19-12-,23-20+. The summed E-state index contributed by atoms with van der Waals surface area (Å²) in [5.41, 5.74) is 2.87. The summed E-state index contributed by atoms with van der Waals surface area (Å²) in [4.78, 5) is 28.2. The summed E-state index contributed by atoms with van der Waals surface area (Å²) < 4.78 is 13.8. The fourth-order valence-corrected chi connectivity index (χ4v) is 4.88. The molecule has 0 saturated heterocycles. The van der Waals surface area contributed by atoms with Crippen LogP contribution >= 0.6 is 11.3 Å². The Morgan fingerprint density at radius 2 is 1.94 bits per heavy atom. The van der Waals surface area contributed by atoms with Gasteiger partial charge in [0.15, 0.2) is 11.5 Å². The van der Waals surface area contributed by atoms with Crippen LogP contribution < -0.4 is 29.5 Å². The van der Waals surface area contributed by atoms with Crippen molar-refractivity contribution in [2.45, 2.75) is 6.54 Å². The van der Waals surface area contributed by atoms with E-state index < -0.39 is 0 Å². The van der Waals surface area contributed by atoms with Gasteiger partial charge >= 0.3 is 0 Å². The van der Waals surface area contributed by atoms with Crippen molar-refractivity contribution in [2.24, 2.45) is 0 Å². The Kier molecular flexibility index (Phi) is 4.88. The van der Waals surface area contributed by atoms with Crippen LogP contribution in [0.2, 0.25) is 0 Å². The predicted octanol–water partition coefficient (Wildman–Crippen LogP) is 1.18. The number of ether oxygens (including phenoxy) is 2. The first kappa shape index (κ1) is 19.6. The molecule has 0 bridgehead atoms. The number of nitrogens with one attached hydrogen (secondary N) is 1. The zero-order valence-corrected chi connectivity index (χ0v) is 18.0. The predicted molar refractivity (Wildman–Crippen MR) is 120 cm³/mol. The van der Waals surface area contributed by atoms with Crippen LogP contribution in [0.1, 0.15) is 11.1 Å². The Labute approximate surface area is 182 Å². The van der Waals surface area contributed by atoms with Crippen LogP contribution in [-0.4, -0.2) is 42.8 Å². The summed E-state index contributed by atoms with van der Waals surface area (Å²) in [6.07, 6.45) is 1.84. The van der Waals surface area contributed by atoms with Gasteiger partial charge in [0.1, 0.15) is 4.66 Å². The van der Waals surface area contributed by atoms with Crippen LogP contribution in [0.4, 0.5) is 5.69 Å². The third-order valence-corrected chi connectivity index (χ3v) is 6.39. The average Bonchev–Trinajstić information content (AvgIpc) is 3.42. The highest BCUT2D eigenvalue weighted by Gasteiger charge is 2.26. The number of benzene rings is 2. The molecule has 2 aliphatic heterocycles. The van der Waals surface area contributed by atoms with E-state index in [0.717, 1.165) is 16.8 Å². The van der Waals surface area contributed by atoms with Gasteiger partial charge in [-0.25, -0.2) is 0 Å². The number of anilines is 1. The molecule has 158 valence electrons. The van der Waals surface area contributed by atoms with Gasteiger partial charge in [-0.05, 0) is 43.9 Å². The molecule has 0 aliphatic carbocycles. The molecule has 2 aromatic carbocycles. The quantitative estimate of drug-likeness (QED) is 0.666.